The molecule has 2 aliphatic heterocycles. The third-order valence-electron chi connectivity index (χ3n) is 12.4. The van der Waals surface area contributed by atoms with Gasteiger partial charge in [0.1, 0.15) is 23.7 Å². The number of fused-ring (bicyclic) bond motifs is 2. The molecule has 2 aliphatic rings. The summed E-state index contributed by atoms with van der Waals surface area (Å²) in [4.78, 5) is 73.2. The van der Waals surface area contributed by atoms with E-state index in [-0.39, 0.29) is 35.7 Å². The Bertz CT molecular complexity index is 2250. The number of H-pyrrole nitrogens is 2. The van der Waals surface area contributed by atoms with Gasteiger partial charge in [-0.15, -0.1) is 0 Å². The van der Waals surface area contributed by atoms with Gasteiger partial charge in [-0.05, 0) is 112 Å². The number of carbonyl (C=O) groups is 4. The van der Waals surface area contributed by atoms with Gasteiger partial charge in [-0.1, -0.05) is 64.1 Å². The molecule has 4 amide bonds. The van der Waals surface area contributed by atoms with E-state index in [1.807, 2.05) is 49.6 Å². The minimum Gasteiger partial charge on any atom is -0.453 e. The maximum absolute atomic E-state index is 14.1. The van der Waals surface area contributed by atoms with E-state index in [4.69, 9.17) is 19.4 Å². The standard InChI is InChI=1S/C46H58N8O6/c1-25(2)37(51-43(57)59-9)41(55)53-35(19-21-45(53,5)6)39-47-31-17-15-29(23-33(31)49-39)27-11-13-28(14-12-27)30-16-18-32-34(24-30)50-40(48-32)36-20-22-46(7,8)54(36)42(56)38(26(3)4)52-44(58)60-10/h11-18,23-26,35-38H,19-22H2,1-10H3,(H,47,49)(H,48,50)(H,51,57)(H,52,58)/t35-,36-,37-,38-/m0/s1. The zero-order valence-corrected chi connectivity index (χ0v) is 36.3. The summed E-state index contributed by atoms with van der Waals surface area (Å²) in [5.74, 6) is 0.864. The molecule has 14 nitrogen and oxygen atoms in total. The minimum absolute atomic E-state index is 0.137. The van der Waals surface area contributed by atoms with E-state index in [1.165, 1.54) is 14.2 Å². The molecule has 4 N–H and O–H groups in total. The lowest BCUT2D eigenvalue weighted by molar-refractivity contribution is -0.141. The van der Waals surface area contributed by atoms with E-state index in [0.29, 0.717) is 0 Å². The summed E-state index contributed by atoms with van der Waals surface area (Å²) >= 11 is 0. The fraction of sp³-hybridized carbons (Fsp3) is 0.478. The molecule has 4 atom stereocenters. The maximum Gasteiger partial charge on any atom is 0.407 e. The second-order valence-corrected chi connectivity index (χ2v) is 18.2. The van der Waals surface area contributed by atoms with Crippen LogP contribution in [0.5, 0.6) is 0 Å². The van der Waals surface area contributed by atoms with Crippen LogP contribution in [-0.4, -0.2) is 91.1 Å². The Morgan fingerprint density at radius 1 is 0.617 bits per heavy atom. The Morgan fingerprint density at radius 3 is 1.30 bits per heavy atom. The number of alkyl carbamates (subject to hydrolysis) is 2. The summed E-state index contributed by atoms with van der Waals surface area (Å²) in [7, 11) is 2.59. The molecule has 4 heterocycles. The van der Waals surface area contributed by atoms with Gasteiger partial charge < -0.3 is 39.9 Å². The fourth-order valence-electron chi connectivity index (χ4n) is 9.03. The lowest BCUT2D eigenvalue weighted by Crippen LogP contribution is -2.55. The van der Waals surface area contributed by atoms with Crippen molar-refractivity contribution in [2.24, 2.45) is 11.8 Å². The number of benzene rings is 3. The monoisotopic (exact) mass is 818 g/mol. The van der Waals surface area contributed by atoms with Gasteiger partial charge >= 0.3 is 12.2 Å². The van der Waals surface area contributed by atoms with Gasteiger partial charge in [0.05, 0.1) is 48.4 Å². The van der Waals surface area contributed by atoms with Gasteiger partial charge in [0, 0.05) is 11.1 Å². The summed E-state index contributed by atoms with van der Waals surface area (Å²) in [5, 5.41) is 5.49. The molecule has 14 heteroatoms. The number of carbonyl (C=O) groups excluding carboxylic acids is 4. The average molecular weight is 819 g/mol. The molecule has 7 rings (SSSR count). The van der Waals surface area contributed by atoms with E-state index < -0.39 is 35.3 Å². The van der Waals surface area contributed by atoms with Gasteiger partial charge in [-0.2, -0.15) is 0 Å². The predicted octanol–water partition coefficient (Wildman–Crippen LogP) is 8.42. The normalized spacial score (nSPS) is 19.5. The SMILES string of the molecule is COC(=O)N[C@H](C(=O)N1[C@H](c2nc3ccc(-c4ccc(-c5ccc6nc([C@@H]7CCC(C)(C)N7C(=O)[C@@H](NC(=O)OC)C(C)C)[nH]c6c5)cc4)cc3[nH]2)CCC1(C)C)C(C)C. The number of rotatable bonds is 10. The van der Waals surface area contributed by atoms with Gasteiger partial charge in [-0.3, -0.25) is 9.59 Å². The predicted molar refractivity (Wildman–Crippen MR) is 231 cm³/mol. The van der Waals surface area contributed by atoms with E-state index in [9.17, 15) is 19.2 Å². The van der Waals surface area contributed by atoms with Crippen molar-refractivity contribution in [1.29, 1.82) is 0 Å². The van der Waals surface area contributed by atoms with Gasteiger partial charge in [-0.25, -0.2) is 19.6 Å². The van der Waals surface area contributed by atoms with Crippen molar-refractivity contribution >= 4 is 46.1 Å². The average Bonchev–Trinajstić information content (AvgIpc) is 3.99. The molecule has 2 saturated heterocycles. The lowest BCUT2D eigenvalue weighted by atomic mass is 9.98. The number of hydrogen-bond donors (Lipinski definition) is 4. The van der Waals surface area contributed by atoms with Crippen LogP contribution in [0, 0.1) is 11.8 Å². The highest BCUT2D eigenvalue weighted by Gasteiger charge is 2.48. The van der Waals surface area contributed by atoms with Gasteiger partial charge in [0.2, 0.25) is 11.8 Å². The lowest BCUT2D eigenvalue weighted by Gasteiger charge is -2.38. The first-order chi connectivity index (χ1) is 28.4. The minimum atomic E-state index is -0.732. The molecule has 0 bridgehead atoms. The summed E-state index contributed by atoms with van der Waals surface area (Å²) < 4.78 is 9.65. The zero-order valence-electron chi connectivity index (χ0n) is 36.3. The highest BCUT2D eigenvalue weighted by atomic mass is 16.5. The van der Waals surface area contributed by atoms with Crippen LogP contribution < -0.4 is 10.6 Å². The molecule has 3 aromatic carbocycles. The highest BCUT2D eigenvalue weighted by Crippen LogP contribution is 2.44. The van der Waals surface area contributed by atoms with Gasteiger partial charge in [0.15, 0.2) is 0 Å². The Labute approximate surface area is 351 Å². The number of likely N-dealkylation sites (tertiary alicyclic amines) is 2. The molecule has 5 aromatic rings. The topological polar surface area (TPSA) is 175 Å². The molecule has 318 valence electrons. The summed E-state index contributed by atoms with van der Waals surface area (Å²) in [6.45, 7) is 15.9. The quantitative estimate of drug-likeness (QED) is 0.109. The number of aromatic nitrogens is 4. The van der Waals surface area contributed by atoms with Crippen LogP contribution in [0.4, 0.5) is 9.59 Å². The maximum atomic E-state index is 14.1. The van der Waals surface area contributed by atoms with E-state index in [2.05, 4.69) is 96.8 Å². The van der Waals surface area contributed by atoms with Crippen LogP contribution in [0.2, 0.25) is 0 Å². The second kappa shape index (κ2) is 16.3. The van der Waals surface area contributed by atoms with Crippen molar-refractivity contribution in [3.8, 4) is 22.3 Å². The van der Waals surface area contributed by atoms with Crippen molar-refractivity contribution in [1.82, 2.24) is 40.4 Å². The largest absolute Gasteiger partial charge is 0.453 e. The van der Waals surface area contributed by atoms with Crippen LogP contribution in [-0.2, 0) is 19.1 Å². The van der Waals surface area contributed by atoms with Crippen molar-refractivity contribution in [3.05, 3.63) is 72.3 Å². The van der Waals surface area contributed by atoms with Crippen molar-refractivity contribution in [3.63, 3.8) is 0 Å². The Morgan fingerprint density at radius 2 is 0.967 bits per heavy atom. The molecule has 0 aliphatic carbocycles. The van der Waals surface area contributed by atoms with Crippen LogP contribution in [0.25, 0.3) is 44.3 Å². The number of ether oxygens (including phenoxy) is 2. The number of aromatic amines is 2. The molecule has 2 fully saturated rings. The van der Waals surface area contributed by atoms with Crippen molar-refractivity contribution in [2.45, 2.75) is 116 Å². The number of imidazole rings is 2. The number of nitrogens with zero attached hydrogens (tertiary/aromatic N) is 4. The van der Waals surface area contributed by atoms with Crippen LogP contribution >= 0.6 is 0 Å². The molecule has 0 saturated carbocycles. The van der Waals surface area contributed by atoms with Crippen molar-refractivity contribution < 1.29 is 28.7 Å². The number of nitrogens with one attached hydrogen (secondary N) is 4. The third kappa shape index (κ3) is 8.03. The molecular formula is C46H58N8O6. The summed E-state index contributed by atoms with van der Waals surface area (Å²) in [6.07, 6.45) is 1.82. The first-order valence-corrected chi connectivity index (χ1v) is 20.9. The Balaban J connectivity index is 1.10. The molecular weight excluding hydrogens is 761 g/mol. The highest BCUT2D eigenvalue weighted by molar-refractivity contribution is 5.89. The third-order valence-corrected chi connectivity index (χ3v) is 12.4. The molecule has 2 aromatic heterocycles. The van der Waals surface area contributed by atoms with Crippen LogP contribution in [0.15, 0.2) is 60.7 Å². The van der Waals surface area contributed by atoms with Crippen molar-refractivity contribution in [2.75, 3.05) is 14.2 Å². The first-order valence-electron chi connectivity index (χ1n) is 20.9. The van der Waals surface area contributed by atoms with Gasteiger partial charge in [0.25, 0.3) is 0 Å². The summed E-state index contributed by atoms with van der Waals surface area (Å²) in [6, 6.07) is 18.7. The number of hydrogen-bond acceptors (Lipinski definition) is 8. The van der Waals surface area contributed by atoms with Crippen LogP contribution in [0.1, 0.15) is 105 Å². The number of methoxy groups -OCH3 is 2. The van der Waals surface area contributed by atoms with Crippen LogP contribution in [0.3, 0.4) is 0 Å². The molecule has 0 radical (unpaired) electrons. The smallest absolute Gasteiger partial charge is 0.407 e. The second-order valence-electron chi connectivity index (χ2n) is 18.2. The first kappa shape index (κ1) is 42.2. The Hall–Kier alpha value is -5.92. The summed E-state index contributed by atoms with van der Waals surface area (Å²) in [5.41, 5.74) is 6.67. The molecule has 60 heavy (non-hydrogen) atoms. The van der Waals surface area contributed by atoms with E-state index in [1.54, 1.807) is 0 Å². The van der Waals surface area contributed by atoms with E-state index >= 15 is 0 Å². The zero-order chi connectivity index (χ0) is 43.3. The number of amides is 4. The van der Waals surface area contributed by atoms with E-state index in [0.717, 1.165) is 81.7 Å². The Kier molecular flexibility index (Phi) is 11.4. The molecule has 0 spiro atoms. The molecule has 0 unspecified atom stereocenters. The fourth-order valence-corrected chi connectivity index (χ4v) is 9.03.